The number of sulfonamides is 1. The number of aromatic nitrogens is 4. The van der Waals surface area contributed by atoms with Gasteiger partial charge in [0.05, 0.1) is 10.7 Å². The maximum absolute atomic E-state index is 13.1. The lowest BCUT2D eigenvalue weighted by Crippen LogP contribution is -2.50. The van der Waals surface area contributed by atoms with E-state index in [1.165, 1.54) is 26.3 Å². The van der Waals surface area contributed by atoms with Gasteiger partial charge in [0.25, 0.3) is 5.91 Å². The van der Waals surface area contributed by atoms with E-state index in [-0.39, 0.29) is 36.8 Å². The second-order valence-corrected chi connectivity index (χ2v) is 8.91. The standard InChI is InChI=1S/C14H16BrF3N6O3S/c1-21-8-9(7-19-21)28(26,27)24-5-3-23(4-6-24)13(25)11-10(15)12(14(16,17)18)22(2)20-11/h7-8H,3-6H2,1-2H3. The van der Waals surface area contributed by atoms with Crippen LogP contribution in [-0.2, 0) is 30.3 Å². The Hall–Kier alpha value is -1.93. The van der Waals surface area contributed by atoms with Gasteiger partial charge in [-0.25, -0.2) is 8.42 Å². The summed E-state index contributed by atoms with van der Waals surface area (Å²) in [5.41, 5.74) is -1.42. The molecule has 1 saturated heterocycles. The fourth-order valence-electron chi connectivity index (χ4n) is 2.91. The average Bonchev–Trinajstić information content (AvgIpc) is 3.17. The number of nitrogens with zero attached hydrogens (tertiary/aromatic N) is 6. The second kappa shape index (κ2) is 7.15. The van der Waals surface area contributed by atoms with Gasteiger partial charge in [-0.2, -0.15) is 27.7 Å². The van der Waals surface area contributed by atoms with Crippen LogP contribution in [0.2, 0.25) is 0 Å². The largest absolute Gasteiger partial charge is 0.434 e. The zero-order valence-corrected chi connectivity index (χ0v) is 17.2. The predicted octanol–water partition coefficient (Wildman–Crippen LogP) is 1.08. The molecule has 0 radical (unpaired) electrons. The summed E-state index contributed by atoms with van der Waals surface area (Å²) >= 11 is 2.82. The van der Waals surface area contributed by atoms with Crippen molar-refractivity contribution < 1.29 is 26.4 Å². The molecule has 28 heavy (non-hydrogen) atoms. The fourth-order valence-corrected chi connectivity index (χ4v) is 5.04. The third-order valence-corrected chi connectivity index (χ3v) is 6.91. The van der Waals surface area contributed by atoms with Crippen LogP contribution in [0.5, 0.6) is 0 Å². The molecule has 0 spiro atoms. The van der Waals surface area contributed by atoms with Gasteiger partial charge in [0.15, 0.2) is 11.4 Å². The van der Waals surface area contributed by atoms with Crippen LogP contribution in [0.4, 0.5) is 13.2 Å². The Balaban J connectivity index is 1.75. The van der Waals surface area contributed by atoms with Crippen molar-refractivity contribution in [1.82, 2.24) is 28.8 Å². The maximum Gasteiger partial charge on any atom is 0.434 e. The van der Waals surface area contributed by atoms with Crippen LogP contribution in [0, 0.1) is 0 Å². The summed E-state index contributed by atoms with van der Waals surface area (Å²) in [6, 6.07) is 0. The third-order valence-electron chi connectivity index (χ3n) is 4.31. The molecule has 1 fully saturated rings. The first-order valence-corrected chi connectivity index (χ1v) is 10.2. The Morgan fingerprint density at radius 2 is 1.79 bits per heavy atom. The fraction of sp³-hybridized carbons (Fsp3) is 0.500. The summed E-state index contributed by atoms with van der Waals surface area (Å²) < 4.78 is 67.1. The molecule has 14 heteroatoms. The molecule has 0 saturated carbocycles. The molecular formula is C14H16BrF3N6O3S. The maximum atomic E-state index is 13.1. The molecule has 0 aliphatic carbocycles. The Morgan fingerprint density at radius 3 is 2.25 bits per heavy atom. The first-order valence-electron chi connectivity index (χ1n) is 8.00. The highest BCUT2D eigenvalue weighted by Crippen LogP contribution is 2.36. The Labute approximate surface area is 166 Å². The van der Waals surface area contributed by atoms with Gasteiger partial charge in [-0.1, -0.05) is 0 Å². The van der Waals surface area contributed by atoms with Crippen LogP contribution in [0.25, 0.3) is 0 Å². The number of hydrogen-bond donors (Lipinski definition) is 0. The van der Waals surface area contributed by atoms with E-state index in [4.69, 9.17) is 0 Å². The molecule has 2 aromatic rings. The molecule has 0 atom stereocenters. The highest BCUT2D eigenvalue weighted by Gasteiger charge is 2.41. The first-order chi connectivity index (χ1) is 12.9. The zero-order chi connectivity index (χ0) is 20.9. The van der Waals surface area contributed by atoms with E-state index >= 15 is 0 Å². The van der Waals surface area contributed by atoms with Crippen molar-refractivity contribution in [3.63, 3.8) is 0 Å². The van der Waals surface area contributed by atoms with Crippen LogP contribution in [0.1, 0.15) is 16.2 Å². The molecule has 9 nitrogen and oxygen atoms in total. The van der Waals surface area contributed by atoms with Crippen LogP contribution in [-0.4, -0.2) is 69.3 Å². The van der Waals surface area contributed by atoms with Crippen molar-refractivity contribution in [1.29, 1.82) is 0 Å². The van der Waals surface area contributed by atoms with Crippen LogP contribution >= 0.6 is 15.9 Å². The Bertz CT molecular complexity index is 1010. The summed E-state index contributed by atoms with van der Waals surface area (Å²) in [5, 5.41) is 7.52. The lowest BCUT2D eigenvalue weighted by molar-refractivity contribution is -0.144. The smallest absolute Gasteiger partial charge is 0.335 e. The summed E-state index contributed by atoms with van der Waals surface area (Å²) in [7, 11) is -1.06. The van der Waals surface area contributed by atoms with Gasteiger partial charge in [0, 0.05) is 46.5 Å². The predicted molar refractivity (Wildman–Crippen MR) is 93.8 cm³/mol. The van der Waals surface area contributed by atoms with E-state index in [2.05, 4.69) is 26.1 Å². The summed E-state index contributed by atoms with van der Waals surface area (Å²) in [4.78, 5) is 13.9. The molecule has 0 aromatic carbocycles. The number of amides is 1. The zero-order valence-electron chi connectivity index (χ0n) is 14.8. The minimum Gasteiger partial charge on any atom is -0.335 e. The molecule has 1 aliphatic heterocycles. The quantitative estimate of drug-likeness (QED) is 0.649. The van der Waals surface area contributed by atoms with E-state index in [1.54, 1.807) is 7.05 Å². The highest BCUT2D eigenvalue weighted by atomic mass is 79.9. The number of halogens is 4. The summed E-state index contributed by atoms with van der Waals surface area (Å²) in [6.07, 6.45) is -2.07. The SMILES string of the molecule is Cn1cc(S(=O)(=O)N2CCN(C(=O)c3nn(C)c(C(F)(F)F)c3Br)CC2)cn1. The Morgan fingerprint density at radius 1 is 1.18 bits per heavy atom. The van der Waals surface area contributed by atoms with E-state index < -0.39 is 32.3 Å². The van der Waals surface area contributed by atoms with Crippen LogP contribution < -0.4 is 0 Å². The average molecular weight is 485 g/mol. The molecule has 154 valence electrons. The van der Waals surface area contributed by atoms with E-state index in [1.807, 2.05) is 0 Å². The molecule has 2 aromatic heterocycles. The first kappa shape index (κ1) is 20.8. The molecule has 3 heterocycles. The number of carbonyl (C=O) groups is 1. The van der Waals surface area contributed by atoms with Crippen molar-refractivity contribution >= 4 is 31.9 Å². The third kappa shape index (κ3) is 3.67. The van der Waals surface area contributed by atoms with E-state index in [9.17, 15) is 26.4 Å². The molecule has 0 N–H and O–H groups in total. The topological polar surface area (TPSA) is 93.3 Å². The number of alkyl halides is 3. The summed E-state index contributed by atoms with van der Waals surface area (Å²) in [5.74, 6) is -0.698. The van der Waals surface area contributed by atoms with Gasteiger partial charge in [0.1, 0.15) is 4.90 Å². The molecule has 0 bridgehead atoms. The van der Waals surface area contributed by atoms with Gasteiger partial charge in [-0.15, -0.1) is 0 Å². The molecule has 1 amide bonds. The van der Waals surface area contributed by atoms with E-state index in [0.717, 1.165) is 7.05 Å². The van der Waals surface area contributed by atoms with Crippen molar-refractivity contribution in [2.75, 3.05) is 26.2 Å². The second-order valence-electron chi connectivity index (χ2n) is 6.18. The summed E-state index contributed by atoms with van der Waals surface area (Å²) in [6.45, 7) is 0.0878. The van der Waals surface area contributed by atoms with Crippen molar-refractivity contribution in [2.45, 2.75) is 11.1 Å². The van der Waals surface area contributed by atoms with Gasteiger partial charge < -0.3 is 4.90 Å². The minimum atomic E-state index is -4.67. The molecule has 1 aliphatic rings. The number of piperazine rings is 1. The molecule has 3 rings (SSSR count). The number of carbonyl (C=O) groups excluding carboxylic acids is 1. The Kier molecular flexibility index (Phi) is 5.31. The van der Waals surface area contributed by atoms with Crippen molar-refractivity contribution in [3.05, 3.63) is 28.3 Å². The van der Waals surface area contributed by atoms with Gasteiger partial charge >= 0.3 is 6.18 Å². The normalized spacial score (nSPS) is 16.6. The minimum absolute atomic E-state index is 0.0134. The molecular weight excluding hydrogens is 469 g/mol. The van der Waals surface area contributed by atoms with Gasteiger partial charge in [0.2, 0.25) is 10.0 Å². The van der Waals surface area contributed by atoms with Crippen LogP contribution in [0.3, 0.4) is 0 Å². The van der Waals surface area contributed by atoms with Crippen LogP contribution in [0.15, 0.2) is 21.8 Å². The molecule has 0 unspecified atom stereocenters. The van der Waals surface area contributed by atoms with Gasteiger partial charge in [-0.3, -0.25) is 14.2 Å². The highest BCUT2D eigenvalue weighted by molar-refractivity contribution is 9.10. The number of rotatable bonds is 3. The van der Waals surface area contributed by atoms with E-state index in [0.29, 0.717) is 4.68 Å². The van der Waals surface area contributed by atoms with Crippen molar-refractivity contribution in [3.8, 4) is 0 Å². The lowest BCUT2D eigenvalue weighted by atomic mass is 10.3. The monoisotopic (exact) mass is 484 g/mol. The lowest BCUT2D eigenvalue weighted by Gasteiger charge is -2.33. The van der Waals surface area contributed by atoms with Crippen molar-refractivity contribution in [2.24, 2.45) is 14.1 Å². The number of aryl methyl sites for hydroxylation is 2. The van der Waals surface area contributed by atoms with Gasteiger partial charge in [-0.05, 0) is 15.9 Å². The number of hydrogen-bond acceptors (Lipinski definition) is 5.